The van der Waals surface area contributed by atoms with Crippen molar-refractivity contribution in [1.29, 1.82) is 0 Å². The normalized spacial score (nSPS) is 14.8. The maximum atomic E-state index is 5.47. The lowest BCUT2D eigenvalue weighted by Crippen LogP contribution is -2.26. The minimum absolute atomic E-state index is 0.733. The first-order chi connectivity index (χ1) is 9.33. The summed E-state index contributed by atoms with van der Waals surface area (Å²) >= 11 is 5.47. The van der Waals surface area contributed by atoms with Crippen molar-refractivity contribution in [2.24, 2.45) is 0 Å². The van der Waals surface area contributed by atoms with Crippen molar-refractivity contribution in [1.82, 2.24) is 19.9 Å². The predicted octanol–water partition coefficient (Wildman–Crippen LogP) is 2.10. The van der Waals surface area contributed by atoms with Gasteiger partial charge in [-0.1, -0.05) is 47.8 Å². The number of aromatic nitrogens is 3. The van der Waals surface area contributed by atoms with Crippen LogP contribution in [0.25, 0.3) is 0 Å². The first-order valence-electron chi connectivity index (χ1n) is 6.56. The molecule has 1 aromatic heterocycles. The van der Waals surface area contributed by atoms with Crippen LogP contribution in [0.3, 0.4) is 0 Å². The van der Waals surface area contributed by atoms with Gasteiger partial charge in [0, 0.05) is 13.1 Å². The van der Waals surface area contributed by atoms with E-state index in [1.807, 2.05) is 29.1 Å². The van der Waals surface area contributed by atoms with Crippen molar-refractivity contribution in [2.45, 2.75) is 19.4 Å². The quantitative estimate of drug-likeness (QED) is 0.801. The van der Waals surface area contributed by atoms with Crippen molar-refractivity contribution in [2.75, 3.05) is 13.1 Å². The summed E-state index contributed by atoms with van der Waals surface area (Å²) in [5.74, 6) is 0. The van der Waals surface area contributed by atoms with Crippen LogP contribution in [-0.2, 0) is 6.54 Å². The molecule has 1 aliphatic rings. The van der Waals surface area contributed by atoms with E-state index in [1.54, 1.807) is 0 Å². The molecule has 19 heavy (non-hydrogen) atoms. The summed E-state index contributed by atoms with van der Waals surface area (Å²) in [6, 6.07) is 10.2. The van der Waals surface area contributed by atoms with E-state index >= 15 is 0 Å². The molecule has 5 heteroatoms. The molecule has 1 fully saturated rings. The minimum atomic E-state index is 0.733. The molecule has 3 rings (SSSR count). The molecule has 0 saturated carbocycles. The summed E-state index contributed by atoms with van der Waals surface area (Å²) in [6.07, 6.45) is 4.38. The fraction of sp³-hybridized carbons (Fsp3) is 0.357. The highest BCUT2D eigenvalue weighted by Gasteiger charge is 2.18. The molecular weight excluding hydrogens is 256 g/mol. The Labute approximate surface area is 118 Å². The number of likely N-dealkylation sites (tertiary alicyclic amines) is 1. The number of benzene rings is 1. The number of hydrogen-bond acceptors (Lipinski definition) is 3. The van der Waals surface area contributed by atoms with Gasteiger partial charge in [0.05, 0.1) is 12.7 Å². The molecule has 0 unspecified atom stereocenters. The smallest absolute Gasteiger partial charge is 0.140 e. The van der Waals surface area contributed by atoms with Gasteiger partial charge in [0.15, 0.2) is 0 Å². The van der Waals surface area contributed by atoms with Crippen LogP contribution in [0.5, 0.6) is 0 Å². The molecule has 0 atom stereocenters. The van der Waals surface area contributed by atoms with Gasteiger partial charge in [0.1, 0.15) is 10.7 Å². The van der Waals surface area contributed by atoms with Crippen LogP contribution in [0.15, 0.2) is 36.5 Å². The molecular formula is C14H16N4S. The highest BCUT2D eigenvalue weighted by atomic mass is 32.1. The molecule has 2 aromatic rings. The van der Waals surface area contributed by atoms with Gasteiger partial charge in [-0.15, -0.1) is 5.10 Å². The average Bonchev–Trinajstić information content (AvgIpc) is 3.10. The zero-order chi connectivity index (χ0) is 13.1. The van der Waals surface area contributed by atoms with Gasteiger partial charge < -0.3 is 4.90 Å². The van der Waals surface area contributed by atoms with Crippen molar-refractivity contribution < 1.29 is 0 Å². The monoisotopic (exact) mass is 272 g/mol. The summed E-state index contributed by atoms with van der Waals surface area (Å²) in [4.78, 5) is 3.04. The minimum Gasteiger partial charge on any atom is -0.361 e. The summed E-state index contributed by atoms with van der Waals surface area (Å²) in [5.41, 5.74) is 2.03. The third-order valence-corrected chi connectivity index (χ3v) is 3.81. The molecule has 98 valence electrons. The molecule has 2 heterocycles. The Morgan fingerprint density at radius 3 is 2.63 bits per heavy atom. The predicted molar refractivity (Wildman–Crippen MR) is 78.1 cm³/mol. The van der Waals surface area contributed by atoms with Crippen LogP contribution in [0, 0.1) is 0 Å². The first kappa shape index (κ1) is 12.3. The molecule has 0 aliphatic carbocycles. The van der Waals surface area contributed by atoms with Gasteiger partial charge in [-0.25, -0.2) is 4.68 Å². The lowest BCUT2D eigenvalue weighted by Gasteiger charge is -2.15. The van der Waals surface area contributed by atoms with Gasteiger partial charge in [0.2, 0.25) is 0 Å². The topological polar surface area (TPSA) is 34.0 Å². The van der Waals surface area contributed by atoms with Crippen LogP contribution in [0.2, 0.25) is 0 Å². The Kier molecular flexibility index (Phi) is 3.55. The van der Waals surface area contributed by atoms with E-state index < -0.39 is 0 Å². The third-order valence-electron chi connectivity index (χ3n) is 3.34. The van der Waals surface area contributed by atoms with Crippen LogP contribution in [0.4, 0.5) is 0 Å². The Morgan fingerprint density at radius 1 is 1.16 bits per heavy atom. The molecule has 4 nitrogen and oxygen atoms in total. The SMILES string of the molecule is S=C(c1cn(Cc2ccccc2)nn1)N1CCCC1. The number of hydrogen-bond donors (Lipinski definition) is 0. The maximum Gasteiger partial charge on any atom is 0.140 e. The zero-order valence-corrected chi connectivity index (χ0v) is 11.5. The third kappa shape index (κ3) is 2.81. The van der Waals surface area contributed by atoms with Crippen molar-refractivity contribution in [3.8, 4) is 0 Å². The van der Waals surface area contributed by atoms with Gasteiger partial charge in [-0.2, -0.15) is 0 Å². The fourth-order valence-corrected chi connectivity index (χ4v) is 2.60. The second-order valence-electron chi connectivity index (χ2n) is 4.79. The lowest BCUT2D eigenvalue weighted by molar-refractivity contribution is 0.528. The van der Waals surface area contributed by atoms with E-state index in [9.17, 15) is 0 Å². The van der Waals surface area contributed by atoms with Gasteiger partial charge in [-0.05, 0) is 18.4 Å². The lowest BCUT2D eigenvalue weighted by atomic mass is 10.2. The summed E-state index contributed by atoms with van der Waals surface area (Å²) < 4.78 is 1.84. The highest BCUT2D eigenvalue weighted by Crippen LogP contribution is 2.12. The Balaban J connectivity index is 1.71. The number of thiocarbonyl (C=S) groups is 1. The van der Waals surface area contributed by atoms with Crippen molar-refractivity contribution in [3.63, 3.8) is 0 Å². The van der Waals surface area contributed by atoms with E-state index in [2.05, 4.69) is 27.3 Å². The fourth-order valence-electron chi connectivity index (χ4n) is 2.33. The standard InChI is InChI=1S/C14H16N4S/c19-14(17-8-4-5-9-17)13-11-18(16-15-13)10-12-6-2-1-3-7-12/h1-3,6-7,11H,4-5,8-10H2. The van der Waals surface area contributed by atoms with E-state index in [-0.39, 0.29) is 0 Å². The molecule has 0 radical (unpaired) electrons. The molecule has 0 spiro atoms. The zero-order valence-electron chi connectivity index (χ0n) is 10.7. The molecule has 1 aliphatic heterocycles. The van der Waals surface area contributed by atoms with Crippen LogP contribution >= 0.6 is 12.2 Å². The molecule has 0 amide bonds. The van der Waals surface area contributed by atoms with Crippen molar-refractivity contribution >= 4 is 17.2 Å². The molecule has 0 N–H and O–H groups in total. The average molecular weight is 272 g/mol. The maximum absolute atomic E-state index is 5.47. The first-order valence-corrected chi connectivity index (χ1v) is 6.97. The number of rotatable bonds is 3. The Morgan fingerprint density at radius 2 is 1.89 bits per heavy atom. The largest absolute Gasteiger partial charge is 0.361 e. The van der Waals surface area contributed by atoms with E-state index in [4.69, 9.17) is 12.2 Å². The highest BCUT2D eigenvalue weighted by molar-refractivity contribution is 7.80. The summed E-state index contributed by atoms with van der Waals surface area (Å²) in [7, 11) is 0. The van der Waals surface area contributed by atoms with Crippen LogP contribution in [0.1, 0.15) is 24.1 Å². The second kappa shape index (κ2) is 5.48. The molecule has 1 saturated heterocycles. The van der Waals surface area contributed by atoms with Crippen LogP contribution in [-0.4, -0.2) is 38.0 Å². The van der Waals surface area contributed by atoms with Gasteiger partial charge >= 0.3 is 0 Å². The van der Waals surface area contributed by atoms with E-state index in [0.717, 1.165) is 30.3 Å². The van der Waals surface area contributed by atoms with Crippen LogP contribution < -0.4 is 0 Å². The molecule has 0 bridgehead atoms. The van der Waals surface area contributed by atoms with Gasteiger partial charge in [-0.3, -0.25) is 0 Å². The Hall–Kier alpha value is -1.75. The van der Waals surface area contributed by atoms with Gasteiger partial charge in [0.25, 0.3) is 0 Å². The Bertz CT molecular complexity index is 558. The number of nitrogens with zero attached hydrogens (tertiary/aromatic N) is 4. The van der Waals surface area contributed by atoms with E-state index in [0.29, 0.717) is 0 Å². The molecule has 1 aromatic carbocycles. The van der Waals surface area contributed by atoms with Crippen molar-refractivity contribution in [3.05, 3.63) is 47.8 Å². The van der Waals surface area contributed by atoms with E-state index in [1.165, 1.54) is 18.4 Å². The summed E-state index contributed by atoms with van der Waals surface area (Å²) in [6.45, 7) is 2.82. The summed E-state index contributed by atoms with van der Waals surface area (Å²) in [5, 5.41) is 8.34. The second-order valence-corrected chi connectivity index (χ2v) is 5.17.